The molecule has 108 valence electrons. The number of aromatic nitrogens is 3. The van der Waals surface area contributed by atoms with Crippen LogP contribution in [-0.2, 0) is 5.88 Å². The minimum atomic E-state index is -0.385. The average molecular weight is 306 g/mol. The number of nitrogens with zero attached hydrogens (tertiary/aromatic N) is 3. The number of methoxy groups -OCH3 is 1. The van der Waals surface area contributed by atoms with Crippen LogP contribution in [0.25, 0.3) is 16.9 Å². The van der Waals surface area contributed by atoms with Crippen LogP contribution < -0.4 is 4.74 Å². The van der Waals surface area contributed by atoms with E-state index in [4.69, 9.17) is 16.3 Å². The van der Waals surface area contributed by atoms with Gasteiger partial charge in [-0.25, -0.2) is 14.4 Å². The van der Waals surface area contributed by atoms with Gasteiger partial charge in [-0.3, -0.25) is 4.57 Å². The minimum Gasteiger partial charge on any atom is -0.497 e. The van der Waals surface area contributed by atoms with Crippen molar-refractivity contribution in [3.05, 3.63) is 47.7 Å². The molecule has 3 rings (SSSR count). The molecule has 0 N–H and O–H groups in total. The smallest absolute Gasteiger partial charge is 0.164 e. The fraction of sp³-hybridized carbons (Fsp3) is 0.200. The first-order chi connectivity index (χ1) is 10.1. The fourth-order valence-electron chi connectivity index (χ4n) is 2.25. The lowest BCUT2D eigenvalue weighted by atomic mass is 10.2. The van der Waals surface area contributed by atoms with Gasteiger partial charge in [0.05, 0.1) is 18.7 Å². The SMILES string of the molecule is COc1ccc(F)c(-n2c(CCl)nc3cc(C)cnc32)c1. The van der Waals surface area contributed by atoms with Crippen molar-refractivity contribution in [3.8, 4) is 11.4 Å². The van der Waals surface area contributed by atoms with E-state index in [2.05, 4.69) is 9.97 Å². The van der Waals surface area contributed by atoms with Crippen molar-refractivity contribution in [3.63, 3.8) is 0 Å². The van der Waals surface area contributed by atoms with E-state index >= 15 is 0 Å². The molecule has 0 atom stereocenters. The van der Waals surface area contributed by atoms with Gasteiger partial charge in [-0.1, -0.05) is 0 Å². The normalized spacial score (nSPS) is 11.0. The van der Waals surface area contributed by atoms with Gasteiger partial charge in [0.15, 0.2) is 5.65 Å². The van der Waals surface area contributed by atoms with E-state index < -0.39 is 0 Å². The number of pyridine rings is 1. The highest BCUT2D eigenvalue weighted by Gasteiger charge is 2.16. The topological polar surface area (TPSA) is 39.9 Å². The standard InChI is InChI=1S/C15H13ClFN3O/c1-9-5-12-15(18-8-9)20(14(7-16)19-12)13-6-10(21-2)3-4-11(13)17/h3-6,8H,7H2,1-2H3. The molecule has 0 radical (unpaired) electrons. The Labute approximate surface area is 126 Å². The molecule has 0 fully saturated rings. The highest BCUT2D eigenvalue weighted by molar-refractivity contribution is 6.16. The first-order valence-electron chi connectivity index (χ1n) is 6.38. The summed E-state index contributed by atoms with van der Waals surface area (Å²) >= 11 is 5.95. The molecule has 0 bridgehead atoms. The molecule has 0 spiro atoms. The lowest BCUT2D eigenvalue weighted by Crippen LogP contribution is -2.03. The molecular formula is C15H13ClFN3O. The van der Waals surface area contributed by atoms with E-state index in [1.54, 1.807) is 22.9 Å². The molecule has 1 aromatic carbocycles. The fourth-order valence-corrected chi connectivity index (χ4v) is 2.43. The maximum atomic E-state index is 14.2. The van der Waals surface area contributed by atoms with Gasteiger partial charge in [0.2, 0.25) is 0 Å². The second-order valence-electron chi connectivity index (χ2n) is 4.67. The summed E-state index contributed by atoms with van der Waals surface area (Å²) in [7, 11) is 1.53. The minimum absolute atomic E-state index is 0.159. The van der Waals surface area contributed by atoms with Gasteiger partial charge in [0.25, 0.3) is 0 Å². The first kappa shape index (κ1) is 13.8. The van der Waals surface area contributed by atoms with Gasteiger partial charge in [-0.2, -0.15) is 0 Å². The Morgan fingerprint density at radius 3 is 2.86 bits per heavy atom. The second kappa shape index (κ2) is 5.33. The van der Waals surface area contributed by atoms with Crippen LogP contribution in [0.1, 0.15) is 11.4 Å². The van der Waals surface area contributed by atoms with Crippen molar-refractivity contribution < 1.29 is 9.13 Å². The summed E-state index contributed by atoms with van der Waals surface area (Å²) in [4.78, 5) is 8.78. The van der Waals surface area contributed by atoms with Gasteiger partial charge in [0.1, 0.15) is 22.9 Å². The Bertz CT molecular complexity index is 816. The van der Waals surface area contributed by atoms with Crippen molar-refractivity contribution >= 4 is 22.8 Å². The van der Waals surface area contributed by atoms with E-state index in [1.165, 1.54) is 13.2 Å². The van der Waals surface area contributed by atoms with Gasteiger partial charge in [0, 0.05) is 12.3 Å². The molecule has 0 unspecified atom stereocenters. The Hall–Kier alpha value is -2.14. The lowest BCUT2D eigenvalue weighted by molar-refractivity contribution is 0.413. The zero-order valence-corrected chi connectivity index (χ0v) is 12.4. The highest BCUT2D eigenvalue weighted by atomic mass is 35.5. The van der Waals surface area contributed by atoms with E-state index in [0.717, 1.165) is 5.56 Å². The van der Waals surface area contributed by atoms with Crippen LogP contribution >= 0.6 is 11.6 Å². The van der Waals surface area contributed by atoms with Gasteiger partial charge in [-0.05, 0) is 30.7 Å². The number of rotatable bonds is 3. The van der Waals surface area contributed by atoms with E-state index in [-0.39, 0.29) is 11.7 Å². The van der Waals surface area contributed by atoms with Gasteiger partial charge >= 0.3 is 0 Å². The number of alkyl halides is 1. The molecule has 0 saturated carbocycles. The van der Waals surface area contributed by atoms with Crippen LogP contribution in [-0.4, -0.2) is 21.6 Å². The third kappa shape index (κ3) is 2.34. The van der Waals surface area contributed by atoms with Crippen molar-refractivity contribution in [1.82, 2.24) is 14.5 Å². The summed E-state index contributed by atoms with van der Waals surface area (Å²) in [5, 5.41) is 0. The predicted molar refractivity (Wildman–Crippen MR) is 79.7 cm³/mol. The summed E-state index contributed by atoms with van der Waals surface area (Å²) in [6.07, 6.45) is 1.72. The summed E-state index contributed by atoms with van der Waals surface area (Å²) in [6, 6.07) is 6.42. The van der Waals surface area contributed by atoms with Crippen LogP contribution in [0.15, 0.2) is 30.5 Å². The van der Waals surface area contributed by atoms with Crippen LogP contribution in [0.5, 0.6) is 5.75 Å². The number of fused-ring (bicyclic) bond motifs is 1. The van der Waals surface area contributed by atoms with Crippen LogP contribution in [0.4, 0.5) is 4.39 Å². The summed E-state index contributed by atoms with van der Waals surface area (Å²) in [5.74, 6) is 0.869. The predicted octanol–water partition coefficient (Wildman–Crippen LogP) is 3.62. The van der Waals surface area contributed by atoms with Crippen molar-refractivity contribution in [2.24, 2.45) is 0 Å². The number of hydrogen-bond acceptors (Lipinski definition) is 3. The Kier molecular flexibility index (Phi) is 3.51. The molecule has 3 aromatic rings. The van der Waals surface area contributed by atoms with Gasteiger partial charge in [-0.15, -0.1) is 11.6 Å². The molecule has 4 nitrogen and oxygen atoms in total. The molecule has 0 aliphatic rings. The lowest BCUT2D eigenvalue weighted by Gasteiger charge is -2.10. The average Bonchev–Trinajstić information content (AvgIpc) is 2.85. The Balaban J connectivity index is 2.33. The summed E-state index contributed by atoms with van der Waals surface area (Å²) in [6.45, 7) is 1.93. The number of ether oxygens (including phenoxy) is 1. The molecule has 0 aliphatic heterocycles. The second-order valence-corrected chi connectivity index (χ2v) is 4.94. The molecule has 0 aliphatic carbocycles. The van der Waals surface area contributed by atoms with Crippen molar-refractivity contribution in [1.29, 1.82) is 0 Å². The van der Waals surface area contributed by atoms with Crippen LogP contribution in [0.2, 0.25) is 0 Å². The van der Waals surface area contributed by atoms with E-state index in [9.17, 15) is 4.39 Å². The molecular weight excluding hydrogens is 293 g/mol. The quantitative estimate of drug-likeness (QED) is 0.694. The Morgan fingerprint density at radius 2 is 2.14 bits per heavy atom. The van der Waals surface area contributed by atoms with Crippen LogP contribution in [0, 0.1) is 12.7 Å². The first-order valence-corrected chi connectivity index (χ1v) is 6.91. The number of benzene rings is 1. The zero-order valence-electron chi connectivity index (χ0n) is 11.6. The van der Waals surface area contributed by atoms with Crippen molar-refractivity contribution in [2.75, 3.05) is 7.11 Å². The monoisotopic (exact) mass is 305 g/mol. The number of halogens is 2. The number of aryl methyl sites for hydroxylation is 1. The summed E-state index contributed by atoms with van der Waals surface area (Å²) in [5.41, 5.74) is 2.57. The molecule has 21 heavy (non-hydrogen) atoms. The molecule has 6 heteroatoms. The maximum Gasteiger partial charge on any atom is 0.164 e. The molecule has 2 aromatic heterocycles. The highest BCUT2D eigenvalue weighted by Crippen LogP contribution is 2.26. The molecule has 0 amide bonds. The molecule has 2 heterocycles. The third-order valence-electron chi connectivity index (χ3n) is 3.22. The number of imidazole rings is 1. The largest absolute Gasteiger partial charge is 0.497 e. The maximum absolute atomic E-state index is 14.2. The zero-order chi connectivity index (χ0) is 15.0. The van der Waals surface area contributed by atoms with Gasteiger partial charge < -0.3 is 4.74 Å². The van der Waals surface area contributed by atoms with Crippen molar-refractivity contribution in [2.45, 2.75) is 12.8 Å². The molecule has 0 saturated heterocycles. The summed E-state index contributed by atoms with van der Waals surface area (Å²) < 4.78 is 21.0. The Morgan fingerprint density at radius 1 is 1.33 bits per heavy atom. The van der Waals surface area contributed by atoms with Crippen LogP contribution in [0.3, 0.4) is 0 Å². The van der Waals surface area contributed by atoms with E-state index in [1.807, 2.05) is 13.0 Å². The van der Waals surface area contributed by atoms with E-state index in [0.29, 0.717) is 28.4 Å². The number of hydrogen-bond donors (Lipinski definition) is 0. The third-order valence-corrected chi connectivity index (χ3v) is 3.46.